The van der Waals surface area contributed by atoms with E-state index in [4.69, 9.17) is 14.2 Å². The Balaban J connectivity index is 2.11. The van der Waals surface area contributed by atoms with Crippen molar-refractivity contribution in [2.45, 2.75) is 77.2 Å². The molecule has 1 saturated heterocycles. The number of nitrogens with one attached hydrogen (secondary N) is 1. The average molecular weight is 414 g/mol. The fourth-order valence-corrected chi connectivity index (χ4v) is 2.94. The zero-order chi connectivity index (χ0) is 21.4. The van der Waals surface area contributed by atoms with Crippen molar-refractivity contribution >= 4 is 11.9 Å². The maximum atomic E-state index is 13.6. The van der Waals surface area contributed by atoms with Gasteiger partial charge in [0.05, 0.1) is 6.20 Å². The highest BCUT2D eigenvalue weighted by Crippen LogP contribution is 2.30. The molecule has 1 aliphatic rings. The van der Waals surface area contributed by atoms with Gasteiger partial charge in [-0.2, -0.15) is 4.39 Å². The van der Waals surface area contributed by atoms with Gasteiger partial charge < -0.3 is 14.2 Å². The van der Waals surface area contributed by atoms with Gasteiger partial charge >= 0.3 is 17.6 Å². The molecule has 2 rings (SSSR count). The first-order valence-corrected chi connectivity index (χ1v) is 9.87. The monoisotopic (exact) mass is 414 g/mol. The molecule has 1 aromatic heterocycles. The van der Waals surface area contributed by atoms with Gasteiger partial charge in [0.2, 0.25) is 5.82 Å². The maximum Gasteiger partial charge on any atom is 0.330 e. The highest BCUT2D eigenvalue weighted by atomic mass is 19.1. The fourth-order valence-electron chi connectivity index (χ4n) is 2.94. The Morgan fingerprint density at radius 2 is 1.86 bits per heavy atom. The Morgan fingerprint density at radius 1 is 1.21 bits per heavy atom. The van der Waals surface area contributed by atoms with Gasteiger partial charge in [0, 0.05) is 19.3 Å². The maximum absolute atomic E-state index is 13.6. The minimum Gasteiger partial charge on any atom is -0.463 e. The van der Waals surface area contributed by atoms with Crippen molar-refractivity contribution < 1.29 is 28.2 Å². The van der Waals surface area contributed by atoms with Crippen LogP contribution in [-0.2, 0) is 23.8 Å². The highest BCUT2D eigenvalue weighted by Gasteiger charge is 2.40. The number of carbonyl (C=O) groups is 2. The highest BCUT2D eigenvalue weighted by molar-refractivity contribution is 5.70. The van der Waals surface area contributed by atoms with Crippen LogP contribution in [0.15, 0.2) is 15.8 Å². The van der Waals surface area contributed by atoms with Crippen molar-refractivity contribution in [3.63, 3.8) is 0 Å². The summed E-state index contributed by atoms with van der Waals surface area (Å²) in [5.41, 5.74) is -1.98. The lowest BCUT2D eigenvalue weighted by Gasteiger charge is -2.19. The number of rotatable bonds is 10. The minimum absolute atomic E-state index is 0.0560. The molecule has 162 valence electrons. The second-order valence-electron chi connectivity index (χ2n) is 6.93. The molecule has 10 heteroatoms. The fraction of sp³-hybridized carbons (Fsp3) is 0.684. The Hall–Kier alpha value is -2.49. The van der Waals surface area contributed by atoms with Crippen molar-refractivity contribution in [1.29, 1.82) is 0 Å². The van der Waals surface area contributed by atoms with E-state index in [0.29, 0.717) is 12.8 Å². The predicted octanol–water partition coefficient (Wildman–Crippen LogP) is 1.80. The van der Waals surface area contributed by atoms with E-state index in [1.54, 1.807) is 0 Å². The van der Waals surface area contributed by atoms with E-state index in [9.17, 15) is 23.6 Å². The van der Waals surface area contributed by atoms with E-state index in [1.807, 2.05) is 18.8 Å². The zero-order valence-electron chi connectivity index (χ0n) is 16.6. The molecule has 0 spiro atoms. The largest absolute Gasteiger partial charge is 0.463 e. The van der Waals surface area contributed by atoms with Crippen LogP contribution in [0.25, 0.3) is 0 Å². The van der Waals surface area contributed by atoms with Crippen molar-refractivity contribution in [3.8, 4) is 0 Å². The minimum atomic E-state index is -1.14. The summed E-state index contributed by atoms with van der Waals surface area (Å²) in [6, 6.07) is 0. The van der Waals surface area contributed by atoms with Gasteiger partial charge in [-0.3, -0.25) is 23.9 Å². The van der Waals surface area contributed by atoms with E-state index >= 15 is 0 Å². The van der Waals surface area contributed by atoms with Crippen molar-refractivity contribution in [3.05, 3.63) is 32.9 Å². The molecule has 0 aromatic carbocycles. The van der Waals surface area contributed by atoms with Gasteiger partial charge in [0.25, 0.3) is 5.56 Å². The number of hydrogen-bond acceptors (Lipinski definition) is 7. The lowest BCUT2D eigenvalue weighted by molar-refractivity contribution is -0.158. The summed E-state index contributed by atoms with van der Waals surface area (Å²) in [7, 11) is 0. The number of aromatic amines is 1. The summed E-state index contributed by atoms with van der Waals surface area (Å²) in [5, 5.41) is 0. The number of esters is 2. The molecule has 1 fully saturated rings. The SMILES string of the molecule is CCCCC(=O)OCC1OC(n2cc(F)c(=O)[nH]c2=O)CC1OC(=O)CCCC. The van der Waals surface area contributed by atoms with Crippen LogP contribution in [0.2, 0.25) is 0 Å². The summed E-state index contributed by atoms with van der Waals surface area (Å²) in [6.07, 6.45) is 1.76. The third-order valence-corrected chi connectivity index (χ3v) is 4.58. The van der Waals surface area contributed by atoms with E-state index in [0.717, 1.165) is 23.6 Å². The van der Waals surface area contributed by atoms with Crippen molar-refractivity contribution in [1.82, 2.24) is 9.55 Å². The molecule has 3 unspecified atom stereocenters. The van der Waals surface area contributed by atoms with E-state index in [1.165, 1.54) is 0 Å². The Bertz CT molecular complexity index is 820. The van der Waals surface area contributed by atoms with E-state index < -0.39 is 47.4 Å². The number of nitrogens with zero attached hydrogens (tertiary/aromatic N) is 1. The van der Waals surface area contributed by atoms with Crippen molar-refractivity contribution in [2.75, 3.05) is 6.61 Å². The molecule has 29 heavy (non-hydrogen) atoms. The lowest BCUT2D eigenvalue weighted by atomic mass is 10.1. The standard InChI is InChI=1S/C19H27FN2O7/c1-3-5-7-16(23)27-11-14-13(29-17(24)8-6-4-2)9-15(28-14)22-10-12(20)18(25)21-19(22)26/h10,13-15H,3-9,11H2,1-2H3,(H,21,25,26). The van der Waals surface area contributed by atoms with Crippen molar-refractivity contribution in [2.24, 2.45) is 0 Å². The van der Waals surface area contributed by atoms with Crippen LogP contribution in [0.4, 0.5) is 4.39 Å². The van der Waals surface area contributed by atoms with Crippen LogP contribution in [0, 0.1) is 5.82 Å². The molecular weight excluding hydrogens is 387 g/mol. The molecule has 0 saturated carbocycles. The summed E-state index contributed by atoms with van der Waals surface area (Å²) in [5.74, 6) is -1.97. The molecule has 0 amide bonds. The van der Waals surface area contributed by atoms with Crippen LogP contribution in [0.5, 0.6) is 0 Å². The summed E-state index contributed by atoms with van der Waals surface area (Å²) in [4.78, 5) is 48.9. The molecule has 1 aliphatic heterocycles. The van der Waals surface area contributed by atoms with Gasteiger partial charge in [-0.15, -0.1) is 0 Å². The number of halogens is 1. The van der Waals surface area contributed by atoms with Gasteiger partial charge in [-0.1, -0.05) is 26.7 Å². The molecule has 0 bridgehead atoms. The molecule has 9 nitrogen and oxygen atoms in total. The lowest BCUT2D eigenvalue weighted by Crippen LogP contribution is -2.34. The third kappa shape index (κ3) is 6.52. The van der Waals surface area contributed by atoms with Crippen LogP contribution in [0.1, 0.15) is 65.0 Å². The van der Waals surface area contributed by atoms with Gasteiger partial charge in [0.1, 0.15) is 25.0 Å². The Morgan fingerprint density at radius 3 is 2.52 bits per heavy atom. The number of unbranched alkanes of at least 4 members (excludes halogenated alkanes) is 2. The predicted molar refractivity (Wildman–Crippen MR) is 99.7 cm³/mol. The van der Waals surface area contributed by atoms with Crippen LogP contribution >= 0.6 is 0 Å². The van der Waals surface area contributed by atoms with Crippen LogP contribution in [-0.4, -0.2) is 40.3 Å². The number of carbonyl (C=O) groups excluding carboxylic acids is 2. The topological polar surface area (TPSA) is 117 Å². The van der Waals surface area contributed by atoms with Gasteiger partial charge in [-0.05, 0) is 12.8 Å². The first kappa shape index (κ1) is 22.8. The quantitative estimate of drug-likeness (QED) is 0.580. The molecule has 2 heterocycles. The normalized spacial score (nSPS) is 21.1. The molecule has 3 atom stereocenters. The van der Waals surface area contributed by atoms with Crippen LogP contribution in [0.3, 0.4) is 0 Å². The number of ether oxygens (including phenoxy) is 3. The molecule has 0 aliphatic carbocycles. The second-order valence-corrected chi connectivity index (χ2v) is 6.93. The number of aromatic nitrogens is 2. The first-order valence-electron chi connectivity index (χ1n) is 9.87. The summed E-state index contributed by atoms with van der Waals surface area (Å²) >= 11 is 0. The van der Waals surface area contributed by atoms with E-state index in [-0.39, 0.29) is 25.9 Å². The number of H-pyrrole nitrogens is 1. The molecule has 1 aromatic rings. The molecule has 0 radical (unpaired) electrons. The van der Waals surface area contributed by atoms with E-state index in [2.05, 4.69) is 0 Å². The smallest absolute Gasteiger partial charge is 0.330 e. The van der Waals surface area contributed by atoms with Gasteiger partial charge in [0.15, 0.2) is 0 Å². The summed E-state index contributed by atoms with van der Waals surface area (Å²) in [6.45, 7) is 3.73. The van der Waals surface area contributed by atoms with Gasteiger partial charge in [-0.25, -0.2) is 4.79 Å². The first-order chi connectivity index (χ1) is 13.8. The summed E-state index contributed by atoms with van der Waals surface area (Å²) < 4.78 is 30.9. The van der Waals surface area contributed by atoms with Crippen LogP contribution < -0.4 is 11.2 Å². The second kappa shape index (κ2) is 10.9. The average Bonchev–Trinajstić information content (AvgIpc) is 3.08. The molecule has 1 N–H and O–H groups in total. The number of hydrogen-bond donors (Lipinski definition) is 1. The Labute approximate surface area is 167 Å². The molecular formula is C19H27FN2O7. The third-order valence-electron chi connectivity index (χ3n) is 4.58. The zero-order valence-corrected chi connectivity index (χ0v) is 16.6. The Kier molecular flexibility index (Phi) is 8.56.